The van der Waals surface area contributed by atoms with Gasteiger partial charge >= 0.3 is 0 Å². The van der Waals surface area contributed by atoms with E-state index in [1.54, 1.807) is 32.4 Å². The SMILES string of the molecule is COc1ccc(OC)c(NC(=O)CSC2CCc3ccccc3NC2=O)c1. The van der Waals surface area contributed by atoms with Crippen LogP contribution in [0.4, 0.5) is 11.4 Å². The number of carbonyl (C=O) groups is 2. The molecule has 2 aromatic rings. The van der Waals surface area contributed by atoms with Crippen molar-refractivity contribution in [2.24, 2.45) is 0 Å². The fourth-order valence-corrected chi connectivity index (χ4v) is 3.84. The zero-order valence-corrected chi connectivity index (χ0v) is 16.1. The van der Waals surface area contributed by atoms with Gasteiger partial charge in [-0.15, -0.1) is 11.8 Å². The highest BCUT2D eigenvalue weighted by Crippen LogP contribution is 2.30. The van der Waals surface area contributed by atoms with Crippen LogP contribution in [0.25, 0.3) is 0 Å². The van der Waals surface area contributed by atoms with Crippen molar-refractivity contribution in [3.63, 3.8) is 0 Å². The van der Waals surface area contributed by atoms with Gasteiger partial charge < -0.3 is 20.1 Å². The summed E-state index contributed by atoms with van der Waals surface area (Å²) < 4.78 is 10.5. The molecule has 142 valence electrons. The van der Waals surface area contributed by atoms with Crippen LogP contribution < -0.4 is 20.1 Å². The number of thioether (sulfide) groups is 1. The molecule has 3 rings (SSSR count). The summed E-state index contributed by atoms with van der Waals surface area (Å²) in [6.07, 6.45) is 1.50. The topological polar surface area (TPSA) is 76.7 Å². The molecule has 7 heteroatoms. The van der Waals surface area contributed by atoms with Gasteiger partial charge in [0.15, 0.2) is 0 Å². The Morgan fingerprint density at radius 2 is 2.04 bits per heavy atom. The van der Waals surface area contributed by atoms with Crippen molar-refractivity contribution in [2.75, 3.05) is 30.6 Å². The van der Waals surface area contributed by atoms with Crippen LogP contribution in [0.2, 0.25) is 0 Å². The lowest BCUT2D eigenvalue weighted by atomic mass is 10.1. The van der Waals surface area contributed by atoms with E-state index < -0.39 is 0 Å². The number of hydrogen-bond acceptors (Lipinski definition) is 5. The Labute approximate surface area is 162 Å². The third kappa shape index (κ3) is 4.74. The van der Waals surface area contributed by atoms with Crippen molar-refractivity contribution in [3.05, 3.63) is 48.0 Å². The number of rotatable bonds is 6. The van der Waals surface area contributed by atoms with Gasteiger partial charge in [-0.3, -0.25) is 9.59 Å². The Balaban J connectivity index is 1.59. The molecule has 1 unspecified atom stereocenters. The molecular formula is C20H22N2O4S. The molecule has 0 spiro atoms. The first-order valence-electron chi connectivity index (χ1n) is 8.63. The molecule has 0 radical (unpaired) electrons. The fraction of sp³-hybridized carbons (Fsp3) is 0.300. The number of para-hydroxylation sites is 1. The van der Waals surface area contributed by atoms with E-state index >= 15 is 0 Å². The maximum atomic E-state index is 12.4. The second-order valence-electron chi connectivity index (χ2n) is 6.10. The van der Waals surface area contributed by atoms with Gasteiger partial charge in [0.25, 0.3) is 0 Å². The van der Waals surface area contributed by atoms with Crippen LogP contribution in [0.5, 0.6) is 11.5 Å². The summed E-state index contributed by atoms with van der Waals surface area (Å²) in [4.78, 5) is 24.8. The molecule has 0 fully saturated rings. The summed E-state index contributed by atoms with van der Waals surface area (Å²) in [6.45, 7) is 0. The van der Waals surface area contributed by atoms with E-state index in [1.807, 2.05) is 24.3 Å². The number of ether oxygens (including phenoxy) is 2. The Kier molecular flexibility index (Phi) is 6.24. The first-order chi connectivity index (χ1) is 13.1. The highest BCUT2D eigenvalue weighted by Gasteiger charge is 2.24. The zero-order valence-electron chi connectivity index (χ0n) is 15.3. The number of hydrogen-bond donors (Lipinski definition) is 2. The molecule has 0 aliphatic carbocycles. The lowest BCUT2D eigenvalue weighted by molar-refractivity contribution is -0.115. The number of amides is 2. The third-order valence-electron chi connectivity index (χ3n) is 4.34. The van der Waals surface area contributed by atoms with Crippen molar-refractivity contribution < 1.29 is 19.1 Å². The summed E-state index contributed by atoms with van der Waals surface area (Å²) in [6, 6.07) is 13.0. The van der Waals surface area contributed by atoms with Gasteiger partial charge in [-0.05, 0) is 36.6 Å². The minimum absolute atomic E-state index is 0.0586. The van der Waals surface area contributed by atoms with E-state index in [4.69, 9.17) is 9.47 Å². The number of carbonyl (C=O) groups excluding carboxylic acids is 2. The number of benzene rings is 2. The summed E-state index contributed by atoms with van der Waals surface area (Å²) >= 11 is 1.34. The van der Waals surface area contributed by atoms with Crippen LogP contribution in [-0.4, -0.2) is 37.0 Å². The number of fused-ring (bicyclic) bond motifs is 1. The van der Waals surface area contributed by atoms with Gasteiger partial charge in [0.05, 0.1) is 30.9 Å². The predicted molar refractivity (Wildman–Crippen MR) is 108 cm³/mol. The maximum absolute atomic E-state index is 12.4. The molecule has 6 nitrogen and oxygen atoms in total. The first kappa shape index (κ1) is 19.1. The van der Waals surface area contributed by atoms with Crippen LogP contribution in [0.1, 0.15) is 12.0 Å². The molecule has 27 heavy (non-hydrogen) atoms. The lowest BCUT2D eigenvalue weighted by Gasteiger charge is -2.14. The Morgan fingerprint density at radius 1 is 1.22 bits per heavy atom. The molecule has 1 aliphatic rings. The van der Waals surface area contributed by atoms with Crippen molar-refractivity contribution in [2.45, 2.75) is 18.1 Å². The van der Waals surface area contributed by atoms with E-state index in [9.17, 15) is 9.59 Å². The van der Waals surface area contributed by atoms with Crippen LogP contribution >= 0.6 is 11.8 Å². The molecule has 0 aromatic heterocycles. The molecule has 2 amide bonds. The molecule has 1 aliphatic heterocycles. The lowest BCUT2D eigenvalue weighted by Crippen LogP contribution is -2.26. The van der Waals surface area contributed by atoms with Crippen molar-refractivity contribution in [1.29, 1.82) is 0 Å². The van der Waals surface area contributed by atoms with Gasteiger partial charge in [0.1, 0.15) is 11.5 Å². The normalized spacial score (nSPS) is 15.9. The largest absolute Gasteiger partial charge is 0.497 e. The van der Waals surface area contributed by atoms with Crippen molar-refractivity contribution in [1.82, 2.24) is 0 Å². The highest BCUT2D eigenvalue weighted by molar-refractivity contribution is 8.01. The number of aryl methyl sites for hydroxylation is 1. The number of nitrogens with one attached hydrogen (secondary N) is 2. The van der Waals surface area contributed by atoms with Crippen LogP contribution in [0.15, 0.2) is 42.5 Å². The quantitative estimate of drug-likeness (QED) is 0.796. The molecule has 1 atom stereocenters. The molecule has 2 N–H and O–H groups in total. The minimum atomic E-state index is -0.268. The van der Waals surface area contributed by atoms with Crippen molar-refractivity contribution >= 4 is 35.0 Å². The van der Waals surface area contributed by atoms with Crippen LogP contribution in [0.3, 0.4) is 0 Å². The third-order valence-corrected chi connectivity index (χ3v) is 5.62. The Morgan fingerprint density at radius 3 is 2.81 bits per heavy atom. The van der Waals surface area contributed by atoms with E-state index in [0.717, 1.165) is 17.7 Å². The molecular weight excluding hydrogens is 364 g/mol. The van der Waals surface area contributed by atoms with E-state index in [1.165, 1.54) is 11.8 Å². The van der Waals surface area contributed by atoms with Gasteiger partial charge in [-0.25, -0.2) is 0 Å². The van der Waals surface area contributed by atoms with Crippen LogP contribution in [-0.2, 0) is 16.0 Å². The molecule has 0 saturated heterocycles. The number of anilines is 2. The van der Waals surface area contributed by atoms with Gasteiger partial charge in [0, 0.05) is 11.8 Å². The maximum Gasteiger partial charge on any atom is 0.237 e. The first-order valence-corrected chi connectivity index (χ1v) is 9.68. The second-order valence-corrected chi connectivity index (χ2v) is 7.29. The molecule has 0 saturated carbocycles. The average Bonchev–Trinajstić information content (AvgIpc) is 2.84. The summed E-state index contributed by atoms with van der Waals surface area (Å²) in [5.41, 5.74) is 2.52. The molecule has 1 heterocycles. The van der Waals surface area contributed by atoms with Gasteiger partial charge in [-0.1, -0.05) is 18.2 Å². The van der Waals surface area contributed by atoms with Crippen LogP contribution in [0, 0.1) is 0 Å². The van der Waals surface area contributed by atoms with Gasteiger partial charge in [0.2, 0.25) is 11.8 Å². The van der Waals surface area contributed by atoms with E-state index in [-0.39, 0.29) is 22.8 Å². The Hall–Kier alpha value is -2.67. The number of methoxy groups -OCH3 is 2. The summed E-state index contributed by atoms with van der Waals surface area (Å²) in [7, 11) is 3.10. The fourth-order valence-electron chi connectivity index (χ4n) is 2.92. The van der Waals surface area contributed by atoms with Crippen molar-refractivity contribution in [3.8, 4) is 11.5 Å². The standard InChI is InChI=1S/C20H22N2O4S/c1-25-14-8-9-17(26-2)16(11-14)21-19(23)12-27-18-10-7-13-5-3-4-6-15(13)22-20(18)24/h3-6,8-9,11,18H,7,10,12H2,1-2H3,(H,21,23)(H,22,24). The highest BCUT2D eigenvalue weighted by atomic mass is 32.2. The molecule has 0 bridgehead atoms. The summed E-state index contributed by atoms with van der Waals surface area (Å²) in [5.74, 6) is 1.10. The predicted octanol–water partition coefficient (Wildman–Crippen LogP) is 3.33. The van der Waals surface area contributed by atoms with E-state index in [2.05, 4.69) is 10.6 Å². The zero-order chi connectivity index (χ0) is 19.2. The second kappa shape index (κ2) is 8.81. The van der Waals surface area contributed by atoms with Gasteiger partial charge in [-0.2, -0.15) is 0 Å². The molecule has 2 aromatic carbocycles. The smallest absolute Gasteiger partial charge is 0.237 e. The summed E-state index contributed by atoms with van der Waals surface area (Å²) in [5, 5.41) is 5.51. The van der Waals surface area contributed by atoms with E-state index in [0.29, 0.717) is 23.6 Å². The monoisotopic (exact) mass is 386 g/mol. The minimum Gasteiger partial charge on any atom is -0.497 e. The Bertz CT molecular complexity index is 840. The average molecular weight is 386 g/mol.